The zero-order valence-electron chi connectivity index (χ0n) is 13.4. The molecule has 1 heterocycles. The molecule has 0 saturated carbocycles. The van der Waals surface area contributed by atoms with E-state index in [2.05, 4.69) is 10.5 Å². The van der Waals surface area contributed by atoms with Crippen molar-refractivity contribution < 1.29 is 14.1 Å². The van der Waals surface area contributed by atoms with Gasteiger partial charge in [-0.15, -0.1) is 0 Å². The Balaban J connectivity index is 1.50. The average molecular weight is 322 g/mol. The van der Waals surface area contributed by atoms with E-state index in [4.69, 9.17) is 9.26 Å². The Labute approximate surface area is 140 Å². The zero-order valence-corrected chi connectivity index (χ0v) is 13.4. The van der Waals surface area contributed by atoms with Gasteiger partial charge in [0.05, 0.1) is 6.54 Å². The van der Waals surface area contributed by atoms with Gasteiger partial charge in [0.25, 0.3) is 5.91 Å². The topological polar surface area (TPSA) is 64.4 Å². The Morgan fingerprint density at radius 2 is 1.88 bits per heavy atom. The molecule has 1 amide bonds. The van der Waals surface area contributed by atoms with Crippen LogP contribution in [0.3, 0.4) is 0 Å². The van der Waals surface area contributed by atoms with E-state index in [1.165, 1.54) is 5.56 Å². The number of hydrogen-bond donors (Lipinski definition) is 1. The molecule has 5 heteroatoms. The summed E-state index contributed by atoms with van der Waals surface area (Å²) < 4.78 is 10.7. The van der Waals surface area contributed by atoms with E-state index in [0.29, 0.717) is 23.7 Å². The van der Waals surface area contributed by atoms with Crippen molar-refractivity contribution in [2.45, 2.75) is 13.5 Å². The number of carbonyl (C=O) groups is 1. The lowest BCUT2D eigenvalue weighted by Crippen LogP contribution is -2.28. The zero-order chi connectivity index (χ0) is 16.8. The molecule has 5 nitrogen and oxygen atoms in total. The van der Waals surface area contributed by atoms with Crippen molar-refractivity contribution in [1.82, 2.24) is 10.5 Å². The monoisotopic (exact) mass is 322 g/mol. The number of nitrogens with zero attached hydrogens (tertiary/aromatic N) is 1. The van der Waals surface area contributed by atoms with E-state index in [1.807, 2.05) is 55.5 Å². The molecule has 0 aliphatic heterocycles. The molecule has 2 aromatic carbocycles. The second kappa shape index (κ2) is 7.46. The summed E-state index contributed by atoms with van der Waals surface area (Å²) in [7, 11) is 0. The minimum atomic E-state index is -0.210. The number of carbonyl (C=O) groups excluding carboxylic acids is 1. The van der Waals surface area contributed by atoms with Crippen molar-refractivity contribution in [1.29, 1.82) is 0 Å². The third-order valence-corrected chi connectivity index (χ3v) is 3.47. The predicted octanol–water partition coefficient (Wildman–Crippen LogP) is 3.35. The maximum atomic E-state index is 11.8. The lowest BCUT2D eigenvalue weighted by Gasteiger charge is -2.05. The van der Waals surface area contributed by atoms with Crippen LogP contribution < -0.4 is 10.1 Å². The van der Waals surface area contributed by atoms with Crippen molar-refractivity contribution in [3.63, 3.8) is 0 Å². The first kappa shape index (κ1) is 15.8. The largest absolute Gasteiger partial charge is 0.484 e. The lowest BCUT2D eigenvalue weighted by molar-refractivity contribution is -0.123. The van der Waals surface area contributed by atoms with E-state index in [9.17, 15) is 4.79 Å². The lowest BCUT2D eigenvalue weighted by atomic mass is 10.1. The number of amides is 1. The van der Waals surface area contributed by atoms with Crippen LogP contribution in [0.1, 0.15) is 11.3 Å². The Morgan fingerprint density at radius 1 is 1.12 bits per heavy atom. The van der Waals surface area contributed by atoms with Crippen LogP contribution >= 0.6 is 0 Å². The summed E-state index contributed by atoms with van der Waals surface area (Å²) >= 11 is 0. The SMILES string of the molecule is Cc1ccc(-c2cc(CNC(=O)COc3ccccc3)no2)cc1. The fraction of sp³-hybridized carbons (Fsp3) is 0.158. The first-order valence-corrected chi connectivity index (χ1v) is 7.68. The van der Waals surface area contributed by atoms with Crippen LogP contribution in [0.5, 0.6) is 5.75 Å². The van der Waals surface area contributed by atoms with Gasteiger partial charge in [0.15, 0.2) is 12.4 Å². The van der Waals surface area contributed by atoms with Gasteiger partial charge in [-0.25, -0.2) is 0 Å². The molecule has 3 rings (SSSR count). The number of rotatable bonds is 6. The molecule has 1 N–H and O–H groups in total. The van der Waals surface area contributed by atoms with Gasteiger partial charge in [-0.2, -0.15) is 0 Å². The summed E-state index contributed by atoms with van der Waals surface area (Å²) in [5, 5.41) is 6.73. The van der Waals surface area contributed by atoms with Crippen LogP contribution in [0, 0.1) is 6.92 Å². The molecule has 0 radical (unpaired) electrons. The summed E-state index contributed by atoms with van der Waals surface area (Å²) in [6.45, 7) is 2.29. The second-order valence-corrected chi connectivity index (χ2v) is 5.43. The fourth-order valence-electron chi connectivity index (χ4n) is 2.15. The van der Waals surface area contributed by atoms with Crippen LogP contribution in [0.25, 0.3) is 11.3 Å². The number of nitrogens with one attached hydrogen (secondary N) is 1. The van der Waals surface area contributed by atoms with Crippen LogP contribution in [0.15, 0.2) is 65.2 Å². The van der Waals surface area contributed by atoms with Crippen molar-refractivity contribution in [3.8, 4) is 17.1 Å². The highest BCUT2D eigenvalue weighted by Crippen LogP contribution is 2.20. The Kier molecular flexibility index (Phi) is 4.91. The fourth-order valence-corrected chi connectivity index (χ4v) is 2.15. The molecular formula is C19H18N2O3. The minimum absolute atomic E-state index is 0.0350. The highest BCUT2D eigenvalue weighted by atomic mass is 16.5. The normalized spacial score (nSPS) is 10.4. The summed E-state index contributed by atoms with van der Waals surface area (Å²) in [6, 6.07) is 19.0. The van der Waals surface area contributed by atoms with E-state index in [0.717, 1.165) is 5.56 Å². The van der Waals surface area contributed by atoms with Crippen LogP contribution in [-0.2, 0) is 11.3 Å². The Morgan fingerprint density at radius 3 is 2.62 bits per heavy atom. The molecule has 1 aromatic heterocycles. The molecule has 0 saturated heterocycles. The highest BCUT2D eigenvalue weighted by Gasteiger charge is 2.08. The summed E-state index contributed by atoms with van der Waals surface area (Å²) in [6.07, 6.45) is 0. The predicted molar refractivity (Wildman–Crippen MR) is 90.5 cm³/mol. The molecule has 0 atom stereocenters. The third-order valence-electron chi connectivity index (χ3n) is 3.47. The van der Waals surface area contributed by atoms with Crippen LogP contribution in [-0.4, -0.2) is 17.7 Å². The Bertz CT molecular complexity index is 795. The average Bonchev–Trinajstić information content (AvgIpc) is 3.09. The van der Waals surface area contributed by atoms with Crippen molar-refractivity contribution in [2.75, 3.05) is 6.61 Å². The molecule has 24 heavy (non-hydrogen) atoms. The van der Waals surface area contributed by atoms with Gasteiger partial charge in [0, 0.05) is 11.6 Å². The van der Waals surface area contributed by atoms with Gasteiger partial charge >= 0.3 is 0 Å². The number of aromatic nitrogens is 1. The standard InChI is InChI=1S/C19H18N2O3/c1-14-7-9-15(10-8-14)18-11-16(21-24-18)12-20-19(22)13-23-17-5-3-2-4-6-17/h2-11H,12-13H2,1H3,(H,20,22). The molecule has 0 aliphatic carbocycles. The van der Waals surface area contributed by atoms with Crippen LogP contribution in [0.2, 0.25) is 0 Å². The smallest absolute Gasteiger partial charge is 0.258 e. The van der Waals surface area contributed by atoms with E-state index >= 15 is 0 Å². The molecule has 0 bridgehead atoms. The number of hydrogen-bond acceptors (Lipinski definition) is 4. The first-order valence-electron chi connectivity index (χ1n) is 7.68. The van der Waals surface area contributed by atoms with E-state index in [-0.39, 0.29) is 12.5 Å². The molecule has 0 unspecified atom stereocenters. The van der Waals surface area contributed by atoms with Gasteiger partial charge in [-0.3, -0.25) is 4.79 Å². The van der Waals surface area contributed by atoms with Gasteiger partial charge in [0.2, 0.25) is 0 Å². The Hall–Kier alpha value is -3.08. The minimum Gasteiger partial charge on any atom is -0.484 e. The van der Waals surface area contributed by atoms with Crippen molar-refractivity contribution in [2.24, 2.45) is 0 Å². The molecule has 0 spiro atoms. The van der Waals surface area contributed by atoms with Gasteiger partial charge < -0.3 is 14.6 Å². The molecule has 0 aliphatic rings. The molecular weight excluding hydrogens is 304 g/mol. The molecule has 3 aromatic rings. The maximum absolute atomic E-state index is 11.8. The number of benzene rings is 2. The molecule has 0 fully saturated rings. The third kappa shape index (κ3) is 4.23. The second-order valence-electron chi connectivity index (χ2n) is 5.43. The summed E-state index contributed by atoms with van der Waals surface area (Å²) in [5.41, 5.74) is 2.81. The highest BCUT2D eigenvalue weighted by molar-refractivity contribution is 5.77. The van der Waals surface area contributed by atoms with E-state index < -0.39 is 0 Å². The first-order chi connectivity index (χ1) is 11.7. The van der Waals surface area contributed by atoms with Gasteiger partial charge in [-0.05, 0) is 19.1 Å². The molecule has 122 valence electrons. The number of aryl methyl sites for hydroxylation is 1. The van der Waals surface area contributed by atoms with Crippen molar-refractivity contribution >= 4 is 5.91 Å². The number of para-hydroxylation sites is 1. The maximum Gasteiger partial charge on any atom is 0.258 e. The van der Waals surface area contributed by atoms with Gasteiger partial charge in [-0.1, -0.05) is 53.2 Å². The van der Waals surface area contributed by atoms with Crippen LogP contribution in [0.4, 0.5) is 0 Å². The van der Waals surface area contributed by atoms with E-state index in [1.54, 1.807) is 12.1 Å². The van der Waals surface area contributed by atoms with Gasteiger partial charge in [0.1, 0.15) is 11.4 Å². The summed E-state index contributed by atoms with van der Waals surface area (Å²) in [5.74, 6) is 1.13. The van der Waals surface area contributed by atoms with Crippen molar-refractivity contribution in [3.05, 3.63) is 71.9 Å². The quantitative estimate of drug-likeness (QED) is 0.756. The number of ether oxygens (including phenoxy) is 1. The summed E-state index contributed by atoms with van der Waals surface area (Å²) in [4.78, 5) is 11.8.